The number of sulfone groups is 1. The molecule has 2 aliphatic heterocycles. The van der Waals surface area contributed by atoms with E-state index < -0.39 is 15.8 Å². The number of nitrogens with zero attached hydrogens (tertiary/aromatic N) is 2. The highest BCUT2D eigenvalue weighted by atomic mass is 32.2. The van der Waals surface area contributed by atoms with Crippen LogP contribution in [0.25, 0.3) is 0 Å². The summed E-state index contributed by atoms with van der Waals surface area (Å²) in [5, 5.41) is 2.82. The molecular formula is C17H23N3O5S. The Hall–Kier alpha value is -2.29. The summed E-state index contributed by atoms with van der Waals surface area (Å²) in [6.45, 7) is 1.64. The second-order valence-corrected chi connectivity index (χ2v) is 8.77. The Bertz CT molecular complexity index is 787. The highest BCUT2D eigenvalue weighted by Gasteiger charge is 2.36. The SMILES string of the molecule is COc1ccccc1NC(=O)N1CCN(C(=O)[C@@H]2CCS(=O)(=O)C2)CC1. The molecule has 0 unspecified atom stereocenters. The molecule has 1 aromatic rings. The summed E-state index contributed by atoms with van der Waals surface area (Å²) in [6.07, 6.45) is 0.398. The number of nitrogens with one attached hydrogen (secondary N) is 1. The van der Waals surface area contributed by atoms with Gasteiger partial charge in [0, 0.05) is 26.2 Å². The molecule has 142 valence electrons. The van der Waals surface area contributed by atoms with Crippen LogP contribution >= 0.6 is 0 Å². The third-order valence-electron chi connectivity index (χ3n) is 4.81. The minimum absolute atomic E-state index is 0.0552. The molecule has 1 aromatic carbocycles. The van der Waals surface area contributed by atoms with Gasteiger partial charge in [-0.3, -0.25) is 4.79 Å². The van der Waals surface area contributed by atoms with Gasteiger partial charge >= 0.3 is 6.03 Å². The molecule has 9 heteroatoms. The average molecular weight is 381 g/mol. The first-order valence-corrected chi connectivity index (χ1v) is 10.4. The Labute approximate surface area is 153 Å². The van der Waals surface area contributed by atoms with E-state index in [9.17, 15) is 18.0 Å². The highest BCUT2D eigenvalue weighted by molar-refractivity contribution is 7.91. The van der Waals surface area contributed by atoms with Gasteiger partial charge in [-0.25, -0.2) is 13.2 Å². The van der Waals surface area contributed by atoms with Gasteiger partial charge < -0.3 is 19.9 Å². The number of benzene rings is 1. The molecule has 2 fully saturated rings. The Kier molecular flexibility index (Phi) is 5.36. The first kappa shape index (κ1) is 18.5. The molecule has 2 heterocycles. The number of ether oxygens (including phenoxy) is 1. The molecule has 26 heavy (non-hydrogen) atoms. The van der Waals surface area contributed by atoms with Gasteiger partial charge in [-0.15, -0.1) is 0 Å². The maximum absolute atomic E-state index is 12.5. The number of rotatable bonds is 3. The number of hydrogen-bond donors (Lipinski definition) is 1. The topological polar surface area (TPSA) is 96.0 Å². The zero-order valence-corrected chi connectivity index (χ0v) is 15.5. The number of hydrogen-bond acceptors (Lipinski definition) is 5. The lowest BCUT2D eigenvalue weighted by Gasteiger charge is -2.35. The lowest BCUT2D eigenvalue weighted by Crippen LogP contribution is -2.53. The van der Waals surface area contributed by atoms with Crippen molar-refractivity contribution in [3.05, 3.63) is 24.3 Å². The smallest absolute Gasteiger partial charge is 0.322 e. The second-order valence-electron chi connectivity index (χ2n) is 6.54. The van der Waals surface area contributed by atoms with Crippen LogP contribution in [-0.2, 0) is 14.6 Å². The third kappa shape index (κ3) is 4.09. The van der Waals surface area contributed by atoms with E-state index in [4.69, 9.17) is 4.74 Å². The number of anilines is 1. The van der Waals surface area contributed by atoms with Crippen LogP contribution < -0.4 is 10.1 Å². The van der Waals surface area contributed by atoms with Crippen molar-refractivity contribution in [2.75, 3.05) is 50.1 Å². The maximum atomic E-state index is 12.5. The molecular weight excluding hydrogens is 358 g/mol. The first-order chi connectivity index (χ1) is 12.4. The van der Waals surface area contributed by atoms with E-state index in [1.807, 2.05) is 12.1 Å². The molecule has 0 bridgehead atoms. The molecule has 2 saturated heterocycles. The molecule has 0 aromatic heterocycles. The zero-order valence-electron chi connectivity index (χ0n) is 14.7. The monoisotopic (exact) mass is 381 g/mol. The summed E-state index contributed by atoms with van der Waals surface area (Å²) in [5.74, 6) is 0.0623. The van der Waals surface area contributed by atoms with E-state index in [2.05, 4.69) is 5.32 Å². The Morgan fingerprint density at radius 2 is 1.77 bits per heavy atom. The molecule has 3 amide bonds. The van der Waals surface area contributed by atoms with Crippen LogP contribution in [0.1, 0.15) is 6.42 Å². The summed E-state index contributed by atoms with van der Waals surface area (Å²) in [6, 6.07) is 6.91. The van der Waals surface area contributed by atoms with Crippen LogP contribution in [0.5, 0.6) is 5.75 Å². The number of amides is 3. The van der Waals surface area contributed by atoms with Gasteiger partial charge in [-0.05, 0) is 18.6 Å². The standard InChI is InChI=1S/C17H23N3O5S/c1-25-15-5-3-2-4-14(15)18-17(22)20-9-7-19(8-10-20)16(21)13-6-11-26(23,24)12-13/h2-5,13H,6-12H2,1H3,(H,18,22)/t13-/m1/s1. The molecule has 0 spiro atoms. The van der Waals surface area contributed by atoms with Gasteiger partial charge in [-0.1, -0.05) is 12.1 Å². The summed E-state index contributed by atoms with van der Waals surface area (Å²) < 4.78 is 28.3. The normalized spacial score (nSPS) is 22.1. The number of carbonyl (C=O) groups excluding carboxylic acids is 2. The summed E-state index contributed by atoms with van der Waals surface area (Å²) in [5.41, 5.74) is 0.592. The Morgan fingerprint density at radius 3 is 2.38 bits per heavy atom. The van der Waals surface area contributed by atoms with Crippen molar-refractivity contribution >= 4 is 27.5 Å². The fourth-order valence-corrected chi connectivity index (χ4v) is 5.05. The molecule has 0 saturated carbocycles. The second kappa shape index (κ2) is 7.53. The van der Waals surface area contributed by atoms with Gasteiger partial charge in [0.2, 0.25) is 5.91 Å². The average Bonchev–Trinajstić information content (AvgIpc) is 3.01. The zero-order chi connectivity index (χ0) is 18.7. The van der Waals surface area contributed by atoms with Gasteiger partial charge in [-0.2, -0.15) is 0 Å². The van der Waals surface area contributed by atoms with E-state index in [1.165, 1.54) is 0 Å². The minimum atomic E-state index is -3.08. The van der Waals surface area contributed by atoms with Gasteiger partial charge in [0.15, 0.2) is 9.84 Å². The van der Waals surface area contributed by atoms with Gasteiger partial charge in [0.05, 0.1) is 30.2 Å². The van der Waals surface area contributed by atoms with Crippen LogP contribution in [0, 0.1) is 5.92 Å². The van der Waals surface area contributed by atoms with E-state index in [0.29, 0.717) is 44.0 Å². The van der Waals surface area contributed by atoms with E-state index >= 15 is 0 Å². The lowest BCUT2D eigenvalue weighted by molar-refractivity contribution is -0.136. The van der Waals surface area contributed by atoms with Gasteiger partial charge in [0.1, 0.15) is 5.75 Å². The minimum Gasteiger partial charge on any atom is -0.495 e. The van der Waals surface area contributed by atoms with Crippen molar-refractivity contribution in [3.8, 4) is 5.75 Å². The van der Waals surface area contributed by atoms with Crippen molar-refractivity contribution in [3.63, 3.8) is 0 Å². The number of piperazine rings is 1. The Morgan fingerprint density at radius 1 is 1.12 bits per heavy atom. The van der Waals surface area contributed by atoms with Crippen molar-refractivity contribution in [1.82, 2.24) is 9.80 Å². The summed E-state index contributed by atoms with van der Waals surface area (Å²) >= 11 is 0. The third-order valence-corrected chi connectivity index (χ3v) is 6.58. The molecule has 8 nitrogen and oxygen atoms in total. The predicted molar refractivity (Wildman–Crippen MR) is 96.9 cm³/mol. The van der Waals surface area contributed by atoms with Gasteiger partial charge in [0.25, 0.3) is 0 Å². The van der Waals surface area contributed by atoms with Crippen LogP contribution in [0.4, 0.5) is 10.5 Å². The summed E-state index contributed by atoms with van der Waals surface area (Å²) in [4.78, 5) is 28.2. The highest BCUT2D eigenvalue weighted by Crippen LogP contribution is 2.24. The molecule has 0 aliphatic carbocycles. The largest absolute Gasteiger partial charge is 0.495 e. The fourth-order valence-electron chi connectivity index (χ4n) is 3.32. The fraction of sp³-hybridized carbons (Fsp3) is 0.529. The molecule has 1 atom stereocenters. The van der Waals surface area contributed by atoms with Crippen molar-refractivity contribution in [2.24, 2.45) is 5.92 Å². The number of methoxy groups -OCH3 is 1. The molecule has 0 radical (unpaired) electrons. The van der Waals surface area contributed by atoms with Crippen LogP contribution in [0.3, 0.4) is 0 Å². The summed E-state index contributed by atoms with van der Waals surface area (Å²) in [7, 11) is -1.54. The van der Waals surface area contributed by atoms with Crippen molar-refractivity contribution in [1.29, 1.82) is 0 Å². The van der Waals surface area contributed by atoms with Crippen LogP contribution in [-0.4, -0.2) is 75.0 Å². The lowest BCUT2D eigenvalue weighted by atomic mass is 10.1. The first-order valence-electron chi connectivity index (χ1n) is 8.58. The quantitative estimate of drug-likeness (QED) is 0.836. The van der Waals surface area contributed by atoms with E-state index in [1.54, 1.807) is 29.0 Å². The maximum Gasteiger partial charge on any atom is 0.322 e. The Balaban J connectivity index is 1.53. The number of para-hydroxylation sites is 2. The van der Waals surface area contributed by atoms with E-state index in [-0.39, 0.29) is 23.4 Å². The molecule has 1 N–H and O–H groups in total. The van der Waals surface area contributed by atoms with Crippen molar-refractivity contribution in [2.45, 2.75) is 6.42 Å². The van der Waals surface area contributed by atoms with Crippen LogP contribution in [0.15, 0.2) is 24.3 Å². The molecule has 3 rings (SSSR count). The van der Waals surface area contributed by atoms with Crippen LogP contribution in [0.2, 0.25) is 0 Å². The number of carbonyl (C=O) groups is 2. The predicted octanol–water partition coefficient (Wildman–Crippen LogP) is 0.806. The number of urea groups is 1. The van der Waals surface area contributed by atoms with E-state index in [0.717, 1.165) is 0 Å². The van der Waals surface area contributed by atoms with Crippen molar-refractivity contribution < 1.29 is 22.7 Å². The molecule has 2 aliphatic rings.